The van der Waals surface area contributed by atoms with Crippen LogP contribution in [-0.4, -0.2) is 11.3 Å². The molecule has 0 atom stereocenters. The minimum atomic E-state index is -4.79. The third-order valence-corrected chi connectivity index (χ3v) is 2.02. The first-order valence-electron chi connectivity index (χ1n) is 3.25. The van der Waals surface area contributed by atoms with E-state index in [0.29, 0.717) is 3.57 Å². The molecule has 0 saturated heterocycles. The van der Waals surface area contributed by atoms with Gasteiger partial charge in [0.25, 0.3) is 0 Å². The highest BCUT2D eigenvalue weighted by Gasteiger charge is 2.31. The molecule has 74 valence electrons. The summed E-state index contributed by atoms with van der Waals surface area (Å²) in [6.07, 6.45) is -4.79. The molecule has 0 fully saturated rings. The van der Waals surface area contributed by atoms with E-state index in [1.165, 1.54) is 6.07 Å². The van der Waals surface area contributed by atoms with Gasteiger partial charge in [-0.05, 0) is 28.7 Å². The standard InChI is InChI=1S/C7H2F3IN2O/c8-7(9,10)14-6-2-1-4(11)5(3-12)13-6/h1-2H. The summed E-state index contributed by atoms with van der Waals surface area (Å²) in [6, 6.07) is 4.03. The van der Waals surface area contributed by atoms with Crippen LogP contribution in [0.5, 0.6) is 5.88 Å². The molecule has 0 aliphatic heterocycles. The van der Waals surface area contributed by atoms with Crippen LogP contribution in [-0.2, 0) is 0 Å². The van der Waals surface area contributed by atoms with Gasteiger partial charge in [-0.25, -0.2) is 4.98 Å². The third kappa shape index (κ3) is 3.02. The van der Waals surface area contributed by atoms with Crippen LogP contribution in [0.3, 0.4) is 0 Å². The van der Waals surface area contributed by atoms with Gasteiger partial charge in [-0.1, -0.05) is 0 Å². The average molecular weight is 314 g/mol. The lowest BCUT2D eigenvalue weighted by molar-refractivity contribution is -0.276. The molecule has 7 heteroatoms. The summed E-state index contributed by atoms with van der Waals surface area (Å²) in [5.74, 6) is -0.630. The van der Waals surface area contributed by atoms with E-state index >= 15 is 0 Å². The molecule has 1 aromatic rings. The Hall–Kier alpha value is -1.04. The molecule has 0 spiro atoms. The number of aromatic nitrogens is 1. The highest BCUT2D eigenvalue weighted by Crippen LogP contribution is 2.22. The highest BCUT2D eigenvalue weighted by molar-refractivity contribution is 14.1. The first-order chi connectivity index (χ1) is 6.42. The van der Waals surface area contributed by atoms with Gasteiger partial charge in [0.05, 0.1) is 0 Å². The molecule has 0 saturated carbocycles. The van der Waals surface area contributed by atoms with Gasteiger partial charge in [0, 0.05) is 9.64 Å². The Morgan fingerprint density at radius 1 is 1.43 bits per heavy atom. The predicted molar refractivity (Wildman–Crippen MR) is 48.4 cm³/mol. The van der Waals surface area contributed by atoms with Crippen molar-refractivity contribution in [1.82, 2.24) is 4.98 Å². The van der Waals surface area contributed by atoms with E-state index in [4.69, 9.17) is 5.26 Å². The molecule has 0 N–H and O–H groups in total. The molecule has 14 heavy (non-hydrogen) atoms. The number of halogens is 4. The van der Waals surface area contributed by atoms with Gasteiger partial charge in [0.2, 0.25) is 5.88 Å². The number of alkyl halides is 3. The van der Waals surface area contributed by atoms with E-state index < -0.39 is 12.2 Å². The van der Waals surface area contributed by atoms with Gasteiger partial charge in [-0.2, -0.15) is 5.26 Å². The van der Waals surface area contributed by atoms with E-state index in [-0.39, 0.29) is 5.69 Å². The summed E-state index contributed by atoms with van der Waals surface area (Å²) < 4.78 is 39.2. The maximum absolute atomic E-state index is 11.7. The Morgan fingerprint density at radius 3 is 2.57 bits per heavy atom. The Kier molecular flexibility index (Phi) is 3.15. The molecule has 0 aliphatic rings. The van der Waals surface area contributed by atoms with Crippen LogP contribution in [0.2, 0.25) is 0 Å². The van der Waals surface area contributed by atoms with E-state index in [9.17, 15) is 13.2 Å². The van der Waals surface area contributed by atoms with Crippen LogP contribution in [0, 0.1) is 14.9 Å². The zero-order valence-electron chi connectivity index (χ0n) is 6.47. The molecule has 0 amide bonds. The summed E-state index contributed by atoms with van der Waals surface area (Å²) in [6.45, 7) is 0. The lowest BCUT2D eigenvalue weighted by Gasteiger charge is -2.07. The van der Waals surface area contributed by atoms with Crippen molar-refractivity contribution < 1.29 is 17.9 Å². The summed E-state index contributed by atoms with van der Waals surface area (Å²) in [5, 5.41) is 8.49. The Balaban J connectivity index is 2.97. The van der Waals surface area contributed by atoms with Crippen molar-refractivity contribution in [3.63, 3.8) is 0 Å². The second-order valence-corrected chi connectivity index (χ2v) is 3.30. The molecule has 3 nitrogen and oxygen atoms in total. The minimum absolute atomic E-state index is 0.0904. The van der Waals surface area contributed by atoms with Crippen molar-refractivity contribution in [2.45, 2.75) is 6.36 Å². The van der Waals surface area contributed by atoms with Crippen LogP contribution in [0.1, 0.15) is 5.69 Å². The molecule has 0 bridgehead atoms. The molecule has 1 aromatic heterocycles. The van der Waals surface area contributed by atoms with Crippen LogP contribution >= 0.6 is 22.6 Å². The maximum atomic E-state index is 11.7. The van der Waals surface area contributed by atoms with Crippen LogP contribution in [0.25, 0.3) is 0 Å². The zero-order chi connectivity index (χ0) is 10.8. The largest absolute Gasteiger partial charge is 0.574 e. The summed E-state index contributed by atoms with van der Waals surface area (Å²) >= 11 is 1.79. The predicted octanol–water partition coefficient (Wildman–Crippen LogP) is 2.46. The number of rotatable bonds is 1. The van der Waals surface area contributed by atoms with Gasteiger partial charge in [-0.15, -0.1) is 13.2 Å². The first-order valence-corrected chi connectivity index (χ1v) is 4.32. The normalized spacial score (nSPS) is 10.8. The fourth-order valence-corrected chi connectivity index (χ4v) is 1.10. The average Bonchev–Trinajstić information content (AvgIpc) is 2.06. The van der Waals surface area contributed by atoms with Crippen molar-refractivity contribution >= 4 is 22.6 Å². The molecule has 1 rings (SSSR count). The van der Waals surface area contributed by atoms with E-state index in [0.717, 1.165) is 6.07 Å². The number of hydrogen-bond donors (Lipinski definition) is 0. The summed E-state index contributed by atoms with van der Waals surface area (Å²) in [5.41, 5.74) is -0.0904. The molecular formula is C7H2F3IN2O. The van der Waals surface area contributed by atoms with Crippen LogP contribution < -0.4 is 4.74 Å². The quantitative estimate of drug-likeness (QED) is 0.748. The Morgan fingerprint density at radius 2 is 2.07 bits per heavy atom. The van der Waals surface area contributed by atoms with Crippen LogP contribution in [0.4, 0.5) is 13.2 Å². The van der Waals surface area contributed by atoms with Gasteiger partial charge in [0.1, 0.15) is 6.07 Å². The monoisotopic (exact) mass is 314 g/mol. The Labute approximate surface area is 90.6 Å². The molecule has 0 unspecified atom stereocenters. The van der Waals surface area contributed by atoms with E-state index in [2.05, 4.69) is 9.72 Å². The van der Waals surface area contributed by atoms with Gasteiger partial charge < -0.3 is 4.74 Å². The fraction of sp³-hybridized carbons (Fsp3) is 0.143. The van der Waals surface area contributed by atoms with Gasteiger partial charge in [0.15, 0.2) is 5.69 Å². The highest BCUT2D eigenvalue weighted by atomic mass is 127. The van der Waals surface area contributed by atoms with Crippen molar-refractivity contribution in [3.05, 3.63) is 21.4 Å². The lowest BCUT2D eigenvalue weighted by atomic mass is 10.4. The number of pyridine rings is 1. The molecule has 0 radical (unpaired) electrons. The summed E-state index contributed by atoms with van der Waals surface area (Å²) in [4.78, 5) is 3.37. The van der Waals surface area contributed by atoms with E-state index in [1.807, 2.05) is 0 Å². The second-order valence-electron chi connectivity index (χ2n) is 2.14. The zero-order valence-corrected chi connectivity index (χ0v) is 8.63. The maximum Gasteiger partial charge on any atom is 0.574 e. The van der Waals surface area contributed by atoms with E-state index in [1.54, 1.807) is 28.7 Å². The number of hydrogen-bond acceptors (Lipinski definition) is 3. The van der Waals surface area contributed by atoms with Crippen molar-refractivity contribution in [3.8, 4) is 11.9 Å². The first kappa shape index (κ1) is 11.0. The molecule has 0 aromatic carbocycles. The second kappa shape index (κ2) is 4.00. The smallest absolute Gasteiger partial charge is 0.388 e. The van der Waals surface area contributed by atoms with Crippen molar-refractivity contribution in [2.75, 3.05) is 0 Å². The molecule has 1 heterocycles. The van der Waals surface area contributed by atoms with Crippen molar-refractivity contribution in [2.24, 2.45) is 0 Å². The SMILES string of the molecule is N#Cc1nc(OC(F)(F)F)ccc1I. The number of ether oxygens (including phenoxy) is 1. The van der Waals surface area contributed by atoms with Gasteiger partial charge >= 0.3 is 6.36 Å². The van der Waals surface area contributed by atoms with Crippen molar-refractivity contribution in [1.29, 1.82) is 5.26 Å². The number of nitriles is 1. The minimum Gasteiger partial charge on any atom is -0.388 e. The summed E-state index contributed by atoms with van der Waals surface area (Å²) in [7, 11) is 0. The lowest BCUT2D eigenvalue weighted by Crippen LogP contribution is -2.18. The molecule has 0 aliphatic carbocycles. The van der Waals surface area contributed by atoms with Gasteiger partial charge in [-0.3, -0.25) is 0 Å². The fourth-order valence-electron chi connectivity index (χ4n) is 0.678. The molecular weight excluding hydrogens is 312 g/mol. The number of nitrogens with zero attached hydrogens (tertiary/aromatic N) is 2. The topological polar surface area (TPSA) is 45.9 Å². The third-order valence-electron chi connectivity index (χ3n) is 1.15. The Bertz CT molecular complexity index is 386. The van der Waals surface area contributed by atoms with Crippen LogP contribution in [0.15, 0.2) is 12.1 Å².